The lowest BCUT2D eigenvalue weighted by Gasteiger charge is -2.23. The Balaban J connectivity index is 1.26. The molecule has 2 atom stereocenters. The maximum absolute atomic E-state index is 13.9. The van der Waals surface area contributed by atoms with E-state index in [4.69, 9.17) is 9.15 Å². The van der Waals surface area contributed by atoms with E-state index < -0.39 is 45.2 Å². The first-order chi connectivity index (χ1) is 24.7. The first-order valence-electron chi connectivity index (χ1n) is 17.8. The molecular formula is C39H46N4O8S. The minimum atomic E-state index is -3.94. The van der Waals surface area contributed by atoms with E-state index in [-0.39, 0.29) is 34.2 Å². The van der Waals surface area contributed by atoms with Crippen LogP contribution in [0.2, 0.25) is 0 Å². The molecule has 2 aliphatic rings. The number of alkyl carbamates (subject to hydrolysis) is 1. The highest BCUT2D eigenvalue weighted by Crippen LogP contribution is 2.49. The molecule has 2 heterocycles. The highest BCUT2D eigenvalue weighted by atomic mass is 32.2. The molecule has 2 aromatic heterocycles. The van der Waals surface area contributed by atoms with Crippen LogP contribution in [0.5, 0.6) is 5.75 Å². The third-order valence-electron chi connectivity index (χ3n) is 9.44. The van der Waals surface area contributed by atoms with Crippen LogP contribution in [-0.4, -0.2) is 46.1 Å². The molecule has 6 rings (SSSR count). The third kappa shape index (κ3) is 8.58. The van der Waals surface area contributed by atoms with E-state index in [0.29, 0.717) is 24.3 Å². The van der Waals surface area contributed by atoms with Gasteiger partial charge in [0, 0.05) is 36.2 Å². The number of carbonyl (C=O) groups excluding carboxylic acids is 2. The molecule has 0 radical (unpaired) electrons. The van der Waals surface area contributed by atoms with Crippen LogP contribution < -0.4 is 16.3 Å². The van der Waals surface area contributed by atoms with Crippen LogP contribution in [-0.2, 0) is 38.8 Å². The summed E-state index contributed by atoms with van der Waals surface area (Å²) in [7, 11) is -3.94. The van der Waals surface area contributed by atoms with E-state index in [0.717, 1.165) is 65.5 Å². The Labute approximate surface area is 303 Å². The molecule has 2 amide bonds. The molecule has 1 unspecified atom stereocenters. The van der Waals surface area contributed by atoms with Crippen molar-refractivity contribution in [2.24, 2.45) is 5.92 Å². The fourth-order valence-corrected chi connectivity index (χ4v) is 7.87. The summed E-state index contributed by atoms with van der Waals surface area (Å²) in [5.41, 5.74) is 1.91. The molecule has 0 aliphatic heterocycles. The average Bonchev–Trinajstić information content (AvgIpc) is 3.78. The van der Waals surface area contributed by atoms with Crippen molar-refractivity contribution in [2.75, 3.05) is 5.32 Å². The number of anilines is 1. The van der Waals surface area contributed by atoms with Gasteiger partial charge in [0.1, 0.15) is 29.5 Å². The lowest BCUT2D eigenvalue weighted by Crippen LogP contribution is -2.47. The van der Waals surface area contributed by atoms with E-state index >= 15 is 0 Å². The zero-order valence-corrected chi connectivity index (χ0v) is 30.8. The summed E-state index contributed by atoms with van der Waals surface area (Å²) in [6.07, 6.45) is 8.45. The Morgan fingerprint density at radius 1 is 1.06 bits per heavy atom. The molecule has 13 heteroatoms. The Kier molecular flexibility index (Phi) is 10.6. The standard InChI is InChI=1S/C39H46N4O8S/c1-24-14-18-29(19-15-24)52(48,49)43-22-28(40-23-43)21-31(42-38(47)51-39(2,3)4)36(45)41-27-11-9-10-26(20-27)33(25-16-17-25)34-35(44)30-12-7-5-6-8-13-32(30)50-37(34)46/h9-11,14-15,18-20,22-23,25,31,33,44H,5-8,12-13,16-17,21H2,1-4H3,(H,41,45)(H,42,47)/t31-,33?/m0/s1. The van der Waals surface area contributed by atoms with Gasteiger partial charge in [-0.2, -0.15) is 0 Å². The second-order valence-electron chi connectivity index (χ2n) is 14.8. The fourth-order valence-electron chi connectivity index (χ4n) is 6.72. The number of imidazole rings is 1. The van der Waals surface area contributed by atoms with Gasteiger partial charge in [0.2, 0.25) is 5.91 Å². The molecule has 12 nitrogen and oxygen atoms in total. The second kappa shape index (κ2) is 15.0. The fraction of sp³-hybridized carbons (Fsp3) is 0.436. The number of nitrogens with zero attached hydrogens (tertiary/aromatic N) is 2. The molecule has 1 saturated carbocycles. The molecule has 3 N–H and O–H groups in total. The molecule has 2 aliphatic carbocycles. The van der Waals surface area contributed by atoms with Crippen molar-refractivity contribution in [2.45, 2.75) is 108 Å². The van der Waals surface area contributed by atoms with E-state index in [9.17, 15) is 27.9 Å². The van der Waals surface area contributed by atoms with Gasteiger partial charge in [-0.15, -0.1) is 0 Å². The van der Waals surface area contributed by atoms with Crippen LogP contribution in [0.25, 0.3) is 0 Å². The van der Waals surface area contributed by atoms with Gasteiger partial charge in [-0.1, -0.05) is 42.7 Å². The highest BCUT2D eigenvalue weighted by molar-refractivity contribution is 7.90. The quantitative estimate of drug-likeness (QED) is 0.168. The van der Waals surface area contributed by atoms with Crippen molar-refractivity contribution in [3.63, 3.8) is 0 Å². The molecule has 1 fully saturated rings. The van der Waals surface area contributed by atoms with E-state index in [2.05, 4.69) is 15.6 Å². The number of nitrogens with one attached hydrogen (secondary N) is 2. The smallest absolute Gasteiger partial charge is 0.408 e. The number of ether oxygens (including phenoxy) is 1. The molecular weight excluding hydrogens is 685 g/mol. The van der Waals surface area contributed by atoms with Gasteiger partial charge in [-0.3, -0.25) is 4.79 Å². The van der Waals surface area contributed by atoms with Crippen LogP contribution in [0.4, 0.5) is 10.5 Å². The molecule has 0 bridgehead atoms. The molecule has 0 spiro atoms. The van der Waals surface area contributed by atoms with Crippen LogP contribution >= 0.6 is 0 Å². The number of benzene rings is 2. The maximum Gasteiger partial charge on any atom is 0.408 e. The lowest BCUT2D eigenvalue weighted by molar-refractivity contribution is -0.118. The summed E-state index contributed by atoms with van der Waals surface area (Å²) >= 11 is 0. The molecule has 2 aromatic carbocycles. The number of hydrogen-bond acceptors (Lipinski definition) is 9. The summed E-state index contributed by atoms with van der Waals surface area (Å²) in [5, 5.41) is 17.0. The minimum Gasteiger partial charge on any atom is -0.507 e. The van der Waals surface area contributed by atoms with Crippen molar-refractivity contribution < 1.29 is 32.3 Å². The number of hydrogen-bond donors (Lipinski definition) is 3. The van der Waals surface area contributed by atoms with Crippen LogP contribution in [0.15, 0.2) is 75.2 Å². The Morgan fingerprint density at radius 2 is 1.77 bits per heavy atom. The number of aryl methyl sites for hydroxylation is 2. The number of carbonyl (C=O) groups is 2. The minimum absolute atomic E-state index is 0.0185. The number of aromatic hydroxyl groups is 1. The number of amides is 2. The van der Waals surface area contributed by atoms with Gasteiger partial charge in [0.25, 0.3) is 10.0 Å². The maximum atomic E-state index is 13.9. The van der Waals surface area contributed by atoms with Gasteiger partial charge in [0.05, 0.1) is 16.2 Å². The van der Waals surface area contributed by atoms with Crippen LogP contribution in [0.3, 0.4) is 0 Å². The summed E-state index contributed by atoms with van der Waals surface area (Å²) in [6, 6.07) is 12.3. The zero-order chi connectivity index (χ0) is 37.2. The molecule has 0 saturated heterocycles. The predicted molar refractivity (Wildman–Crippen MR) is 195 cm³/mol. The first kappa shape index (κ1) is 36.9. The Bertz CT molecular complexity index is 2110. The van der Waals surface area contributed by atoms with E-state index in [1.807, 2.05) is 13.0 Å². The Hall–Kier alpha value is -4.91. The number of fused-ring (bicyclic) bond motifs is 1. The van der Waals surface area contributed by atoms with Crippen molar-refractivity contribution >= 4 is 27.7 Å². The largest absolute Gasteiger partial charge is 0.507 e. The molecule has 4 aromatic rings. The van der Waals surface area contributed by atoms with Gasteiger partial charge in [-0.25, -0.2) is 27.0 Å². The summed E-state index contributed by atoms with van der Waals surface area (Å²) < 4.78 is 38.8. The molecule has 52 heavy (non-hydrogen) atoms. The summed E-state index contributed by atoms with van der Waals surface area (Å²) in [5.74, 6) is -0.309. The third-order valence-corrected chi connectivity index (χ3v) is 11.1. The van der Waals surface area contributed by atoms with Gasteiger partial charge < -0.3 is 24.9 Å². The summed E-state index contributed by atoms with van der Waals surface area (Å²) in [6.45, 7) is 6.96. The Morgan fingerprint density at radius 3 is 2.46 bits per heavy atom. The van der Waals surface area contributed by atoms with Crippen molar-refractivity contribution in [1.82, 2.24) is 14.3 Å². The summed E-state index contributed by atoms with van der Waals surface area (Å²) in [4.78, 5) is 44.5. The van der Waals surface area contributed by atoms with Crippen LogP contribution in [0, 0.1) is 12.8 Å². The first-order valence-corrected chi connectivity index (χ1v) is 19.3. The monoisotopic (exact) mass is 730 g/mol. The normalized spacial score (nSPS) is 16.2. The highest BCUT2D eigenvalue weighted by Gasteiger charge is 2.39. The van der Waals surface area contributed by atoms with Gasteiger partial charge in [0.15, 0.2) is 0 Å². The van der Waals surface area contributed by atoms with Crippen LogP contribution in [0.1, 0.15) is 98.9 Å². The zero-order valence-electron chi connectivity index (χ0n) is 30.0. The van der Waals surface area contributed by atoms with E-state index in [1.54, 1.807) is 51.1 Å². The average molecular weight is 731 g/mol. The molecule has 276 valence electrons. The van der Waals surface area contributed by atoms with Crippen molar-refractivity contribution in [3.8, 4) is 5.75 Å². The second-order valence-corrected chi connectivity index (χ2v) is 16.7. The SMILES string of the molecule is Cc1ccc(S(=O)(=O)n2cnc(C[C@H](NC(=O)OC(C)(C)C)C(=O)Nc3cccc(C(c4c(O)c5c(oc4=O)CCCCCC5)C4CC4)c3)c2)cc1. The number of rotatable bonds is 10. The van der Waals surface area contributed by atoms with Gasteiger partial charge >= 0.3 is 11.7 Å². The van der Waals surface area contributed by atoms with Crippen molar-refractivity contribution in [3.05, 3.63) is 105 Å². The predicted octanol–water partition coefficient (Wildman–Crippen LogP) is 6.36. The van der Waals surface area contributed by atoms with E-state index in [1.165, 1.54) is 18.3 Å². The van der Waals surface area contributed by atoms with Crippen molar-refractivity contribution in [1.29, 1.82) is 0 Å². The topological polar surface area (TPSA) is 170 Å². The number of aromatic nitrogens is 2. The lowest BCUT2D eigenvalue weighted by atomic mass is 9.85. The van der Waals surface area contributed by atoms with Gasteiger partial charge in [-0.05, 0) is 95.5 Å².